The molecular weight excluding hydrogens is 441 g/mol. The Hall–Kier alpha value is -3.09. The first-order valence-electron chi connectivity index (χ1n) is 9.53. The molecule has 0 N–H and O–H groups in total. The predicted octanol–water partition coefficient (Wildman–Crippen LogP) is 5.27. The highest BCUT2D eigenvalue weighted by atomic mass is 35.5. The Balaban J connectivity index is 1.51. The summed E-state index contributed by atoms with van der Waals surface area (Å²) < 4.78 is 22.2. The lowest BCUT2D eigenvalue weighted by molar-refractivity contribution is -0.135. The summed E-state index contributed by atoms with van der Waals surface area (Å²) in [5, 5.41) is 0.831. The van der Waals surface area contributed by atoms with Gasteiger partial charge in [0.1, 0.15) is 17.5 Å². The summed E-state index contributed by atoms with van der Waals surface area (Å²) in [4.78, 5) is 14.8. The predicted molar refractivity (Wildman–Crippen MR) is 117 cm³/mol. The number of carbonyl (C=O) groups is 1. The highest BCUT2D eigenvalue weighted by molar-refractivity contribution is 6.35. The van der Waals surface area contributed by atoms with E-state index in [1.54, 1.807) is 30.2 Å². The maximum Gasteiger partial charge on any atom is 0.271 e. The van der Waals surface area contributed by atoms with Crippen molar-refractivity contribution >= 4 is 34.8 Å². The molecule has 1 saturated heterocycles. The average molecular weight is 458 g/mol. The third kappa shape index (κ3) is 3.52. The van der Waals surface area contributed by atoms with Crippen LogP contribution in [0.5, 0.6) is 23.0 Å². The molecule has 1 fully saturated rings. The summed E-state index contributed by atoms with van der Waals surface area (Å²) in [6.45, 7) is 0.172. The monoisotopic (exact) mass is 457 g/mol. The number of methoxy groups -OCH3 is 1. The molecule has 0 radical (unpaired) electrons. The molecule has 8 heteroatoms. The lowest BCUT2D eigenvalue weighted by Crippen LogP contribution is -2.61. The Morgan fingerprint density at radius 3 is 2.48 bits per heavy atom. The zero-order valence-corrected chi connectivity index (χ0v) is 17.9. The molecule has 2 aliphatic rings. The number of benzene rings is 3. The Kier molecular flexibility index (Phi) is 5.04. The van der Waals surface area contributed by atoms with Crippen molar-refractivity contribution < 1.29 is 23.7 Å². The SMILES string of the molecule is COc1ccc(N2C(=O)[C@H](Oc3ccc(Cl)cc3Cl)[C@@H]2c2ccc3c(c2)OCO3)cc1. The fourth-order valence-electron chi connectivity index (χ4n) is 3.74. The van der Waals surface area contributed by atoms with E-state index in [0.717, 1.165) is 11.3 Å². The topological polar surface area (TPSA) is 57.2 Å². The molecule has 5 rings (SSSR count). The average Bonchev–Trinajstić information content (AvgIpc) is 3.25. The fraction of sp³-hybridized carbons (Fsp3) is 0.174. The molecule has 0 bridgehead atoms. The first kappa shape index (κ1) is 19.8. The van der Waals surface area contributed by atoms with Gasteiger partial charge in [-0.05, 0) is 60.2 Å². The first-order valence-corrected chi connectivity index (χ1v) is 10.3. The quantitative estimate of drug-likeness (QED) is 0.488. The van der Waals surface area contributed by atoms with Gasteiger partial charge < -0.3 is 18.9 Å². The van der Waals surface area contributed by atoms with Crippen LogP contribution in [0.15, 0.2) is 60.7 Å². The van der Waals surface area contributed by atoms with Gasteiger partial charge in [0.15, 0.2) is 11.5 Å². The molecule has 1 amide bonds. The maximum absolute atomic E-state index is 13.2. The molecule has 158 valence electrons. The van der Waals surface area contributed by atoms with Gasteiger partial charge in [0.2, 0.25) is 12.9 Å². The van der Waals surface area contributed by atoms with E-state index >= 15 is 0 Å². The second-order valence-electron chi connectivity index (χ2n) is 7.08. The van der Waals surface area contributed by atoms with E-state index in [-0.39, 0.29) is 18.7 Å². The minimum absolute atomic E-state index is 0.172. The van der Waals surface area contributed by atoms with Crippen LogP contribution in [0.4, 0.5) is 5.69 Å². The normalized spacial score (nSPS) is 19.2. The summed E-state index contributed by atoms with van der Waals surface area (Å²) >= 11 is 12.3. The summed E-state index contributed by atoms with van der Waals surface area (Å²) in [7, 11) is 1.60. The van der Waals surface area contributed by atoms with Crippen molar-refractivity contribution in [2.45, 2.75) is 12.1 Å². The molecule has 2 heterocycles. The van der Waals surface area contributed by atoms with Crippen LogP contribution in [0.3, 0.4) is 0 Å². The molecule has 31 heavy (non-hydrogen) atoms. The standard InChI is InChI=1S/C23H17Cl2NO5/c1-28-16-6-4-15(5-7-16)26-21(13-2-8-19-20(10-13)30-12-29-19)22(23(26)27)31-18-9-3-14(24)11-17(18)25/h2-11,21-22H,12H2,1H3/t21-,22+/m0/s1. The summed E-state index contributed by atoms with van der Waals surface area (Å²) in [6.07, 6.45) is -0.763. The van der Waals surface area contributed by atoms with E-state index in [9.17, 15) is 4.79 Å². The van der Waals surface area contributed by atoms with Gasteiger partial charge in [0.05, 0.1) is 12.1 Å². The van der Waals surface area contributed by atoms with Gasteiger partial charge in [-0.25, -0.2) is 0 Å². The molecule has 2 atom stereocenters. The highest BCUT2D eigenvalue weighted by Crippen LogP contribution is 2.45. The van der Waals surface area contributed by atoms with Crippen LogP contribution in [0.25, 0.3) is 0 Å². The molecule has 0 saturated carbocycles. The molecule has 0 aliphatic carbocycles. The second kappa shape index (κ2) is 7.87. The van der Waals surface area contributed by atoms with Crippen molar-refractivity contribution in [1.29, 1.82) is 0 Å². The molecule has 6 nitrogen and oxygen atoms in total. The Morgan fingerprint density at radius 1 is 0.968 bits per heavy atom. The van der Waals surface area contributed by atoms with Crippen LogP contribution >= 0.6 is 23.2 Å². The van der Waals surface area contributed by atoms with Crippen molar-refractivity contribution in [2.24, 2.45) is 0 Å². The largest absolute Gasteiger partial charge is 0.497 e. The van der Waals surface area contributed by atoms with Crippen LogP contribution in [0, 0.1) is 0 Å². The summed E-state index contributed by atoms with van der Waals surface area (Å²) in [5.74, 6) is 2.22. The van der Waals surface area contributed by atoms with Gasteiger partial charge in [0.25, 0.3) is 5.91 Å². The number of anilines is 1. The molecule has 2 aliphatic heterocycles. The Labute approximate surface area is 188 Å². The number of carbonyl (C=O) groups excluding carboxylic acids is 1. The zero-order chi connectivity index (χ0) is 21.5. The number of rotatable bonds is 5. The van der Waals surface area contributed by atoms with Crippen LogP contribution in [0.1, 0.15) is 11.6 Å². The number of halogens is 2. The highest BCUT2D eigenvalue weighted by Gasteiger charge is 2.51. The zero-order valence-electron chi connectivity index (χ0n) is 16.4. The lowest BCUT2D eigenvalue weighted by atomic mass is 9.89. The van der Waals surface area contributed by atoms with Gasteiger partial charge in [-0.3, -0.25) is 9.69 Å². The number of β-lactam (4-membered cyclic amide) rings is 1. The van der Waals surface area contributed by atoms with E-state index in [0.29, 0.717) is 33.0 Å². The van der Waals surface area contributed by atoms with Gasteiger partial charge in [-0.1, -0.05) is 29.3 Å². The molecule has 3 aromatic rings. The third-order valence-corrected chi connectivity index (χ3v) is 5.81. The number of fused-ring (bicyclic) bond motifs is 1. The third-order valence-electron chi connectivity index (χ3n) is 5.28. The maximum atomic E-state index is 13.2. The molecule has 0 unspecified atom stereocenters. The first-order chi connectivity index (χ1) is 15.0. The van der Waals surface area contributed by atoms with Crippen LogP contribution in [0.2, 0.25) is 10.0 Å². The van der Waals surface area contributed by atoms with Crippen LogP contribution in [-0.2, 0) is 4.79 Å². The van der Waals surface area contributed by atoms with Crippen molar-refractivity contribution in [3.05, 3.63) is 76.3 Å². The smallest absolute Gasteiger partial charge is 0.271 e. The van der Waals surface area contributed by atoms with Crippen LogP contribution < -0.4 is 23.8 Å². The molecular formula is C23H17Cl2NO5. The van der Waals surface area contributed by atoms with Gasteiger partial charge in [-0.2, -0.15) is 0 Å². The van der Waals surface area contributed by atoms with Crippen molar-refractivity contribution in [3.8, 4) is 23.0 Å². The lowest BCUT2D eigenvalue weighted by Gasteiger charge is -2.46. The van der Waals surface area contributed by atoms with Gasteiger partial charge in [0, 0.05) is 10.7 Å². The number of hydrogen-bond donors (Lipinski definition) is 0. The molecule has 3 aromatic carbocycles. The fourth-order valence-corrected chi connectivity index (χ4v) is 4.19. The number of nitrogens with zero attached hydrogens (tertiary/aromatic N) is 1. The van der Waals surface area contributed by atoms with Crippen LogP contribution in [-0.4, -0.2) is 25.9 Å². The number of ether oxygens (including phenoxy) is 4. The number of hydrogen-bond acceptors (Lipinski definition) is 5. The minimum Gasteiger partial charge on any atom is -0.497 e. The second-order valence-corrected chi connectivity index (χ2v) is 7.92. The summed E-state index contributed by atoms with van der Waals surface area (Å²) in [6, 6.07) is 17.4. The van der Waals surface area contributed by atoms with E-state index in [1.807, 2.05) is 42.5 Å². The van der Waals surface area contributed by atoms with Gasteiger partial charge >= 0.3 is 0 Å². The summed E-state index contributed by atoms with van der Waals surface area (Å²) in [5.41, 5.74) is 1.59. The van der Waals surface area contributed by atoms with Crippen molar-refractivity contribution in [1.82, 2.24) is 0 Å². The minimum atomic E-state index is -0.763. The van der Waals surface area contributed by atoms with Crippen molar-refractivity contribution in [2.75, 3.05) is 18.8 Å². The van der Waals surface area contributed by atoms with Crippen molar-refractivity contribution in [3.63, 3.8) is 0 Å². The Morgan fingerprint density at radius 2 is 1.74 bits per heavy atom. The van der Waals surface area contributed by atoms with E-state index in [1.165, 1.54) is 0 Å². The number of amides is 1. The molecule has 0 spiro atoms. The van der Waals surface area contributed by atoms with Gasteiger partial charge in [-0.15, -0.1) is 0 Å². The molecule has 0 aromatic heterocycles. The Bertz CT molecular complexity index is 1150. The van der Waals surface area contributed by atoms with E-state index in [2.05, 4.69) is 0 Å². The van der Waals surface area contributed by atoms with E-state index in [4.69, 9.17) is 42.1 Å². The van der Waals surface area contributed by atoms with E-state index < -0.39 is 6.10 Å².